The van der Waals surface area contributed by atoms with Crippen LogP contribution in [0.1, 0.15) is 0 Å². The summed E-state index contributed by atoms with van der Waals surface area (Å²) in [6, 6.07) is 11.8. The van der Waals surface area contributed by atoms with Gasteiger partial charge in [-0.15, -0.1) is 0 Å². The molecular formula is C22H14N8. The van der Waals surface area contributed by atoms with Gasteiger partial charge in [0.2, 0.25) is 0 Å². The van der Waals surface area contributed by atoms with Crippen LogP contribution in [0.4, 0.5) is 0 Å². The van der Waals surface area contributed by atoms with Crippen molar-refractivity contribution in [2.24, 2.45) is 0 Å². The zero-order valence-corrected chi connectivity index (χ0v) is 15.6. The fourth-order valence-electron chi connectivity index (χ4n) is 3.55. The van der Waals surface area contributed by atoms with Crippen molar-refractivity contribution in [3.8, 4) is 33.8 Å². The number of fused-ring (bicyclic) bond motifs is 2. The molecule has 0 aromatic carbocycles. The Labute approximate surface area is 170 Å². The second-order valence-electron chi connectivity index (χ2n) is 6.82. The molecule has 0 saturated heterocycles. The van der Waals surface area contributed by atoms with Gasteiger partial charge in [0.1, 0.15) is 11.2 Å². The minimum atomic E-state index is 0.630. The first-order chi connectivity index (χ1) is 14.9. The van der Waals surface area contributed by atoms with Gasteiger partial charge in [-0.05, 0) is 24.3 Å². The molecule has 0 spiro atoms. The molecule has 142 valence electrons. The second kappa shape index (κ2) is 6.56. The molecule has 0 saturated carbocycles. The summed E-state index contributed by atoms with van der Waals surface area (Å²) in [5.74, 6) is 0.630. The Balaban J connectivity index is 1.52. The van der Waals surface area contributed by atoms with E-state index in [1.165, 1.54) is 0 Å². The number of nitrogens with one attached hydrogen (secondary N) is 2. The van der Waals surface area contributed by atoms with Crippen molar-refractivity contribution in [2.75, 3.05) is 0 Å². The minimum Gasteiger partial charge on any atom is -0.321 e. The van der Waals surface area contributed by atoms with E-state index in [2.05, 4.69) is 35.1 Å². The second-order valence-corrected chi connectivity index (χ2v) is 6.82. The average molecular weight is 390 g/mol. The standard InChI is InChI=1S/C22H14N8/c1-3-13(10-23-6-1)15-9-17-19(29-30-20(17)26-12-15)22-27-18-16(5-8-25-21(18)28-22)14-4-2-7-24-11-14/h1-12H,(H,25,27,28)(H,26,29,30). The van der Waals surface area contributed by atoms with Crippen LogP contribution in [-0.2, 0) is 0 Å². The summed E-state index contributed by atoms with van der Waals surface area (Å²) in [7, 11) is 0. The van der Waals surface area contributed by atoms with Crippen molar-refractivity contribution in [2.45, 2.75) is 0 Å². The Kier molecular flexibility index (Phi) is 3.60. The monoisotopic (exact) mass is 390 g/mol. The zero-order valence-electron chi connectivity index (χ0n) is 15.6. The van der Waals surface area contributed by atoms with Gasteiger partial charge < -0.3 is 4.98 Å². The molecule has 6 heterocycles. The fraction of sp³-hybridized carbons (Fsp3) is 0. The zero-order chi connectivity index (χ0) is 19.9. The highest BCUT2D eigenvalue weighted by Gasteiger charge is 2.17. The third-order valence-corrected chi connectivity index (χ3v) is 4.99. The number of rotatable bonds is 3. The van der Waals surface area contributed by atoms with Crippen LogP contribution in [0, 0.1) is 0 Å². The van der Waals surface area contributed by atoms with Gasteiger partial charge >= 0.3 is 0 Å². The Bertz CT molecular complexity index is 1490. The molecule has 0 aliphatic rings. The van der Waals surface area contributed by atoms with E-state index in [1.54, 1.807) is 18.6 Å². The summed E-state index contributed by atoms with van der Waals surface area (Å²) in [5, 5.41) is 8.32. The minimum absolute atomic E-state index is 0.630. The van der Waals surface area contributed by atoms with E-state index >= 15 is 0 Å². The lowest BCUT2D eigenvalue weighted by atomic mass is 10.1. The van der Waals surface area contributed by atoms with Gasteiger partial charge in [0.05, 0.1) is 5.39 Å². The van der Waals surface area contributed by atoms with Gasteiger partial charge in [-0.2, -0.15) is 5.10 Å². The summed E-state index contributed by atoms with van der Waals surface area (Å²) in [6.07, 6.45) is 10.7. The van der Waals surface area contributed by atoms with Gasteiger partial charge in [0.25, 0.3) is 0 Å². The van der Waals surface area contributed by atoms with Crippen LogP contribution in [0.5, 0.6) is 0 Å². The molecule has 30 heavy (non-hydrogen) atoms. The molecule has 0 bridgehead atoms. The van der Waals surface area contributed by atoms with E-state index in [0.717, 1.165) is 33.2 Å². The molecule has 0 amide bonds. The van der Waals surface area contributed by atoms with E-state index in [9.17, 15) is 0 Å². The average Bonchev–Trinajstić information content (AvgIpc) is 3.43. The van der Waals surface area contributed by atoms with E-state index in [0.29, 0.717) is 22.8 Å². The van der Waals surface area contributed by atoms with Crippen molar-refractivity contribution in [3.63, 3.8) is 0 Å². The number of nitrogens with zero attached hydrogens (tertiary/aromatic N) is 6. The van der Waals surface area contributed by atoms with Gasteiger partial charge in [-0.1, -0.05) is 12.1 Å². The van der Waals surface area contributed by atoms with E-state index in [-0.39, 0.29) is 0 Å². The van der Waals surface area contributed by atoms with E-state index in [4.69, 9.17) is 4.98 Å². The molecule has 6 rings (SSSR count). The maximum Gasteiger partial charge on any atom is 0.161 e. The smallest absolute Gasteiger partial charge is 0.161 e. The molecule has 0 fully saturated rings. The number of hydrogen-bond donors (Lipinski definition) is 2. The molecule has 6 aromatic heterocycles. The Hall–Kier alpha value is -4.46. The highest BCUT2D eigenvalue weighted by molar-refractivity contribution is 5.95. The normalized spacial score (nSPS) is 11.3. The molecule has 2 N–H and O–H groups in total. The SMILES string of the molecule is c1cncc(-c2cnc3[nH]nc(-c4nc5c(-c6cccnc6)ccnc5[nH]4)c3c2)c1. The highest BCUT2D eigenvalue weighted by atomic mass is 15.2. The van der Waals surface area contributed by atoms with Crippen molar-refractivity contribution in [1.29, 1.82) is 0 Å². The first-order valence-electron chi connectivity index (χ1n) is 9.37. The van der Waals surface area contributed by atoms with Crippen LogP contribution >= 0.6 is 0 Å². The maximum absolute atomic E-state index is 4.82. The first kappa shape index (κ1) is 16.5. The Morgan fingerprint density at radius 1 is 0.733 bits per heavy atom. The lowest BCUT2D eigenvalue weighted by Gasteiger charge is -2.00. The molecule has 6 aromatic rings. The number of aromatic nitrogens is 8. The van der Waals surface area contributed by atoms with Crippen molar-refractivity contribution in [1.82, 2.24) is 40.1 Å². The summed E-state index contributed by atoms with van der Waals surface area (Å²) in [4.78, 5) is 25.5. The van der Waals surface area contributed by atoms with Crippen LogP contribution in [0.2, 0.25) is 0 Å². The highest BCUT2D eigenvalue weighted by Crippen LogP contribution is 2.31. The molecule has 0 radical (unpaired) electrons. The molecular weight excluding hydrogens is 376 g/mol. The molecule has 0 aliphatic heterocycles. The molecule has 8 nitrogen and oxygen atoms in total. The summed E-state index contributed by atoms with van der Waals surface area (Å²) in [6.45, 7) is 0. The lowest BCUT2D eigenvalue weighted by Crippen LogP contribution is -1.85. The van der Waals surface area contributed by atoms with Gasteiger partial charge in [0, 0.05) is 59.4 Å². The van der Waals surface area contributed by atoms with E-state index < -0.39 is 0 Å². The lowest BCUT2D eigenvalue weighted by molar-refractivity contribution is 1.09. The first-order valence-corrected chi connectivity index (χ1v) is 9.37. The van der Waals surface area contributed by atoms with Crippen LogP contribution < -0.4 is 0 Å². The summed E-state index contributed by atoms with van der Waals surface area (Å²) >= 11 is 0. The predicted molar refractivity (Wildman–Crippen MR) is 113 cm³/mol. The topological polar surface area (TPSA) is 109 Å². The number of hydrogen-bond acceptors (Lipinski definition) is 6. The van der Waals surface area contributed by atoms with Crippen molar-refractivity contribution < 1.29 is 0 Å². The van der Waals surface area contributed by atoms with Crippen molar-refractivity contribution in [3.05, 3.63) is 73.6 Å². The maximum atomic E-state index is 4.82. The van der Waals surface area contributed by atoms with Crippen LogP contribution in [0.15, 0.2) is 73.6 Å². The quantitative estimate of drug-likeness (QED) is 0.472. The van der Waals surface area contributed by atoms with Crippen LogP contribution in [0.3, 0.4) is 0 Å². The largest absolute Gasteiger partial charge is 0.321 e. The number of H-pyrrole nitrogens is 2. The van der Waals surface area contributed by atoms with Gasteiger partial charge in [-0.3, -0.25) is 15.1 Å². The van der Waals surface area contributed by atoms with E-state index in [1.807, 2.05) is 55.0 Å². The Morgan fingerprint density at radius 2 is 1.57 bits per heavy atom. The van der Waals surface area contributed by atoms with Gasteiger partial charge in [0.15, 0.2) is 17.1 Å². The third-order valence-electron chi connectivity index (χ3n) is 4.99. The fourth-order valence-corrected chi connectivity index (χ4v) is 3.55. The third kappa shape index (κ3) is 2.62. The summed E-state index contributed by atoms with van der Waals surface area (Å²) < 4.78 is 0. The molecule has 0 unspecified atom stereocenters. The van der Waals surface area contributed by atoms with Gasteiger partial charge in [-0.25, -0.2) is 15.0 Å². The summed E-state index contributed by atoms with van der Waals surface area (Å²) in [5.41, 5.74) is 6.75. The number of aromatic amines is 2. The Morgan fingerprint density at radius 3 is 2.37 bits per heavy atom. The molecule has 0 aliphatic carbocycles. The molecule has 8 heteroatoms. The van der Waals surface area contributed by atoms with Crippen LogP contribution in [-0.4, -0.2) is 40.1 Å². The van der Waals surface area contributed by atoms with Crippen molar-refractivity contribution >= 4 is 22.2 Å². The predicted octanol–water partition coefficient (Wildman–Crippen LogP) is 4.02. The molecule has 0 atom stereocenters. The number of imidazole rings is 1. The number of pyridine rings is 4. The van der Waals surface area contributed by atoms with Crippen LogP contribution in [0.25, 0.3) is 56.0 Å².